The summed E-state index contributed by atoms with van der Waals surface area (Å²) in [4.78, 5) is 31.6. The maximum absolute atomic E-state index is 11.8. The van der Waals surface area contributed by atoms with Gasteiger partial charge in [0.15, 0.2) is 11.6 Å². The SMILES string of the molecule is CCCCCC(=O)Oc1ccc(-c2ncc([C@@]3(OC(=O)O)COC(C)(C)O3)cn2)cc1. The summed E-state index contributed by atoms with van der Waals surface area (Å²) in [6.07, 6.45) is 4.63. The molecule has 1 aromatic heterocycles. The lowest BCUT2D eigenvalue weighted by Gasteiger charge is -2.27. The van der Waals surface area contributed by atoms with Gasteiger partial charge in [0.25, 0.3) is 5.79 Å². The number of nitrogens with zero attached hydrogens (tertiary/aromatic N) is 2. The van der Waals surface area contributed by atoms with E-state index in [1.54, 1.807) is 38.1 Å². The highest BCUT2D eigenvalue weighted by atomic mass is 16.9. The van der Waals surface area contributed by atoms with Gasteiger partial charge in [0.2, 0.25) is 0 Å². The van der Waals surface area contributed by atoms with E-state index >= 15 is 0 Å². The van der Waals surface area contributed by atoms with E-state index in [4.69, 9.17) is 24.1 Å². The summed E-state index contributed by atoms with van der Waals surface area (Å²) in [6.45, 7) is 5.28. The highest BCUT2D eigenvalue weighted by Crippen LogP contribution is 2.39. The summed E-state index contributed by atoms with van der Waals surface area (Å²) in [5.41, 5.74) is 1.02. The number of benzene rings is 1. The maximum Gasteiger partial charge on any atom is 0.508 e. The zero-order chi connectivity index (χ0) is 22.5. The van der Waals surface area contributed by atoms with Crippen LogP contribution in [-0.4, -0.2) is 39.6 Å². The summed E-state index contributed by atoms with van der Waals surface area (Å²) in [7, 11) is 0. The molecule has 0 spiro atoms. The van der Waals surface area contributed by atoms with Crippen LogP contribution in [0.1, 0.15) is 52.0 Å². The minimum atomic E-state index is -1.64. The molecule has 31 heavy (non-hydrogen) atoms. The summed E-state index contributed by atoms with van der Waals surface area (Å²) in [5, 5.41) is 9.12. The largest absolute Gasteiger partial charge is 0.508 e. The lowest BCUT2D eigenvalue weighted by molar-refractivity contribution is -0.240. The van der Waals surface area contributed by atoms with Crippen LogP contribution in [0.15, 0.2) is 36.7 Å². The Morgan fingerprint density at radius 1 is 1.13 bits per heavy atom. The molecule has 0 unspecified atom stereocenters. The second-order valence-corrected chi connectivity index (χ2v) is 7.66. The van der Waals surface area contributed by atoms with E-state index in [9.17, 15) is 9.59 Å². The zero-order valence-corrected chi connectivity index (χ0v) is 17.8. The third kappa shape index (κ3) is 5.77. The average Bonchev–Trinajstić information content (AvgIpc) is 3.03. The number of esters is 1. The molecule has 3 rings (SSSR count). The van der Waals surface area contributed by atoms with Crippen LogP contribution in [0.5, 0.6) is 5.75 Å². The van der Waals surface area contributed by atoms with E-state index in [2.05, 4.69) is 16.9 Å². The second-order valence-electron chi connectivity index (χ2n) is 7.66. The van der Waals surface area contributed by atoms with Crippen molar-refractivity contribution in [1.29, 1.82) is 0 Å². The van der Waals surface area contributed by atoms with E-state index < -0.39 is 17.7 Å². The van der Waals surface area contributed by atoms with Crippen LogP contribution in [0.2, 0.25) is 0 Å². The van der Waals surface area contributed by atoms with Crippen molar-refractivity contribution >= 4 is 12.1 Å². The number of hydrogen-bond acceptors (Lipinski definition) is 8. The van der Waals surface area contributed by atoms with Crippen LogP contribution >= 0.6 is 0 Å². The topological polar surface area (TPSA) is 117 Å². The van der Waals surface area contributed by atoms with Crippen molar-refractivity contribution in [3.8, 4) is 17.1 Å². The van der Waals surface area contributed by atoms with Crippen LogP contribution in [0.4, 0.5) is 4.79 Å². The van der Waals surface area contributed by atoms with Crippen molar-refractivity contribution in [1.82, 2.24) is 9.97 Å². The van der Waals surface area contributed by atoms with Gasteiger partial charge in [-0.05, 0) is 44.5 Å². The predicted octanol–water partition coefficient (Wildman–Crippen LogP) is 4.26. The molecule has 2 heterocycles. The van der Waals surface area contributed by atoms with E-state index in [0.717, 1.165) is 19.3 Å². The number of ether oxygens (including phenoxy) is 4. The standard InChI is InChI=1S/C22H26N2O7/c1-4-5-6-7-18(25)29-17-10-8-15(9-11-17)19-23-12-16(13-24-19)22(30-20(26)27)14-28-21(2,3)31-22/h8-13H,4-7,14H2,1-3H3,(H,26,27)/t22-/m1/s1. The summed E-state index contributed by atoms with van der Waals surface area (Å²) >= 11 is 0. The van der Waals surface area contributed by atoms with Crippen molar-refractivity contribution in [2.45, 2.75) is 58.0 Å². The smallest absolute Gasteiger partial charge is 0.450 e. The fourth-order valence-electron chi connectivity index (χ4n) is 3.16. The van der Waals surface area contributed by atoms with Crippen LogP contribution in [0, 0.1) is 0 Å². The van der Waals surface area contributed by atoms with Gasteiger partial charge < -0.3 is 24.1 Å². The van der Waals surface area contributed by atoms with Crippen molar-refractivity contribution in [2.24, 2.45) is 0 Å². The first-order valence-electron chi connectivity index (χ1n) is 10.1. The molecule has 1 aliphatic rings. The highest BCUT2D eigenvalue weighted by Gasteiger charge is 2.51. The molecule has 0 aliphatic carbocycles. The Morgan fingerprint density at radius 2 is 1.81 bits per heavy atom. The molecule has 1 aliphatic heterocycles. The van der Waals surface area contributed by atoms with Gasteiger partial charge in [-0.25, -0.2) is 14.8 Å². The quantitative estimate of drug-likeness (QED) is 0.372. The fourth-order valence-corrected chi connectivity index (χ4v) is 3.16. The Balaban J connectivity index is 1.71. The maximum atomic E-state index is 11.8. The zero-order valence-electron chi connectivity index (χ0n) is 17.8. The van der Waals surface area contributed by atoms with E-state index in [1.807, 2.05) is 0 Å². The Kier molecular flexibility index (Phi) is 6.87. The molecule has 1 atom stereocenters. The molecule has 2 aromatic rings. The molecule has 1 N–H and O–H groups in total. The minimum absolute atomic E-state index is 0.118. The third-order valence-electron chi connectivity index (χ3n) is 4.69. The summed E-state index contributed by atoms with van der Waals surface area (Å²) in [6, 6.07) is 6.84. The van der Waals surface area contributed by atoms with Gasteiger partial charge >= 0.3 is 12.1 Å². The van der Waals surface area contributed by atoms with Gasteiger partial charge in [0, 0.05) is 24.4 Å². The number of carbonyl (C=O) groups is 2. The van der Waals surface area contributed by atoms with E-state index in [1.165, 1.54) is 12.4 Å². The van der Waals surface area contributed by atoms with Crippen molar-refractivity contribution in [3.05, 3.63) is 42.2 Å². The second kappa shape index (κ2) is 9.40. The van der Waals surface area contributed by atoms with Crippen LogP contribution in [0.25, 0.3) is 11.4 Å². The molecule has 0 bridgehead atoms. The molecule has 166 valence electrons. The molecular weight excluding hydrogens is 404 g/mol. The monoisotopic (exact) mass is 430 g/mol. The Labute approximate surface area is 180 Å². The van der Waals surface area contributed by atoms with Gasteiger partial charge in [-0.3, -0.25) is 4.79 Å². The number of rotatable bonds is 8. The molecule has 0 amide bonds. The summed E-state index contributed by atoms with van der Waals surface area (Å²) in [5.74, 6) is -2.04. The van der Waals surface area contributed by atoms with Crippen LogP contribution in [-0.2, 0) is 24.8 Å². The molecule has 0 radical (unpaired) electrons. The first-order chi connectivity index (χ1) is 14.7. The van der Waals surface area contributed by atoms with Crippen molar-refractivity contribution < 1.29 is 33.6 Å². The fraction of sp³-hybridized carbons (Fsp3) is 0.455. The van der Waals surface area contributed by atoms with Crippen molar-refractivity contribution in [3.63, 3.8) is 0 Å². The lowest BCUT2D eigenvalue weighted by atomic mass is 10.1. The number of carboxylic acid groups (broad SMARTS) is 1. The molecule has 9 nitrogen and oxygen atoms in total. The first-order valence-corrected chi connectivity index (χ1v) is 10.1. The van der Waals surface area contributed by atoms with Gasteiger partial charge in [0.1, 0.15) is 12.4 Å². The lowest BCUT2D eigenvalue weighted by Crippen LogP contribution is -2.36. The van der Waals surface area contributed by atoms with Gasteiger partial charge in [-0.15, -0.1) is 0 Å². The van der Waals surface area contributed by atoms with Crippen LogP contribution < -0.4 is 4.74 Å². The first kappa shape index (κ1) is 22.6. The predicted molar refractivity (Wildman–Crippen MR) is 109 cm³/mol. The molecule has 1 fully saturated rings. The Hall–Kier alpha value is -3.04. The molecule has 0 saturated carbocycles. The minimum Gasteiger partial charge on any atom is -0.450 e. The van der Waals surface area contributed by atoms with Crippen molar-refractivity contribution in [2.75, 3.05) is 6.61 Å². The van der Waals surface area contributed by atoms with Gasteiger partial charge in [-0.2, -0.15) is 0 Å². The number of carbonyl (C=O) groups excluding carboxylic acids is 1. The normalized spacial score (nSPS) is 19.7. The Bertz CT molecular complexity index is 912. The van der Waals surface area contributed by atoms with Gasteiger partial charge in [0.05, 0.1) is 5.56 Å². The molecule has 1 aromatic carbocycles. The molecular formula is C22H26N2O7. The van der Waals surface area contributed by atoms with Crippen LogP contribution in [0.3, 0.4) is 0 Å². The highest BCUT2D eigenvalue weighted by molar-refractivity contribution is 5.72. The van der Waals surface area contributed by atoms with E-state index in [-0.39, 0.29) is 12.6 Å². The van der Waals surface area contributed by atoms with E-state index in [0.29, 0.717) is 29.1 Å². The number of aromatic nitrogens is 2. The summed E-state index contributed by atoms with van der Waals surface area (Å²) < 4.78 is 21.5. The Morgan fingerprint density at radius 3 is 2.35 bits per heavy atom. The third-order valence-corrected chi connectivity index (χ3v) is 4.69. The number of hydrogen-bond donors (Lipinski definition) is 1. The molecule has 1 saturated heterocycles. The average molecular weight is 430 g/mol. The van der Waals surface area contributed by atoms with Gasteiger partial charge in [-0.1, -0.05) is 19.8 Å². The number of unbranched alkanes of at least 4 members (excludes halogenated alkanes) is 2. The molecule has 9 heteroatoms.